The van der Waals surface area contributed by atoms with Crippen molar-refractivity contribution < 1.29 is 38.4 Å². The molecular weight excluding hydrogens is 478 g/mol. The molecule has 9 nitrogen and oxygen atoms in total. The third-order valence-electron chi connectivity index (χ3n) is 5.91. The normalized spacial score (nSPS) is 16.4. The standard InChI is InChI=1S/C28H25NO8/c1-16(30)37-21-10-5-17(6-11-21)25-24(26(31)18-7-14-22(35-3)23(15-18)36-4)27(32)28(33)29(25)19-8-12-20(34-2)13-9-19/h5-15,25,31H,1-4H3/b26-24-. The molecule has 1 fully saturated rings. The van der Waals surface area contributed by atoms with E-state index in [0.29, 0.717) is 34.2 Å². The molecule has 1 aliphatic heterocycles. The number of esters is 1. The van der Waals surface area contributed by atoms with E-state index >= 15 is 0 Å². The first kappa shape index (κ1) is 25.3. The second kappa shape index (κ2) is 10.4. The molecule has 0 saturated carbocycles. The molecule has 0 aliphatic carbocycles. The molecule has 190 valence electrons. The summed E-state index contributed by atoms with van der Waals surface area (Å²) in [5.41, 5.74) is 1.12. The van der Waals surface area contributed by atoms with Gasteiger partial charge in [-0.05, 0) is 60.2 Å². The number of nitrogens with zero attached hydrogens (tertiary/aromatic N) is 1. The number of ketones is 1. The summed E-state index contributed by atoms with van der Waals surface area (Å²) in [5, 5.41) is 11.3. The van der Waals surface area contributed by atoms with Gasteiger partial charge in [-0.25, -0.2) is 0 Å². The van der Waals surface area contributed by atoms with Crippen LogP contribution in [-0.4, -0.2) is 44.1 Å². The van der Waals surface area contributed by atoms with Gasteiger partial charge in [0.15, 0.2) is 11.5 Å². The lowest BCUT2D eigenvalue weighted by atomic mass is 9.95. The van der Waals surface area contributed by atoms with Gasteiger partial charge in [0.25, 0.3) is 11.7 Å². The first-order valence-corrected chi connectivity index (χ1v) is 11.2. The molecule has 3 aromatic carbocycles. The van der Waals surface area contributed by atoms with Crippen LogP contribution in [0.1, 0.15) is 24.1 Å². The van der Waals surface area contributed by atoms with Crippen LogP contribution in [0.2, 0.25) is 0 Å². The number of aliphatic hydroxyl groups excluding tert-OH is 1. The Labute approximate surface area is 213 Å². The summed E-state index contributed by atoms with van der Waals surface area (Å²) in [6, 6.07) is 16.7. The number of hydrogen-bond donors (Lipinski definition) is 1. The quantitative estimate of drug-likeness (QED) is 0.167. The third kappa shape index (κ3) is 4.84. The lowest BCUT2D eigenvalue weighted by Gasteiger charge is -2.25. The molecule has 0 spiro atoms. The predicted octanol–water partition coefficient (Wildman–Crippen LogP) is 4.26. The molecule has 1 atom stereocenters. The molecule has 1 N–H and O–H groups in total. The van der Waals surface area contributed by atoms with Crippen LogP contribution >= 0.6 is 0 Å². The predicted molar refractivity (Wildman–Crippen MR) is 135 cm³/mol. The SMILES string of the molecule is COc1ccc(N2C(=O)C(=O)/C(=C(\O)c3ccc(OC)c(OC)c3)C2c2ccc(OC(C)=O)cc2)cc1. The molecule has 0 aromatic heterocycles. The minimum atomic E-state index is -0.965. The van der Waals surface area contributed by atoms with Crippen LogP contribution in [0.25, 0.3) is 5.76 Å². The van der Waals surface area contributed by atoms with Gasteiger partial charge >= 0.3 is 5.97 Å². The van der Waals surface area contributed by atoms with Gasteiger partial charge in [-0.3, -0.25) is 19.3 Å². The minimum absolute atomic E-state index is 0.103. The van der Waals surface area contributed by atoms with Crippen LogP contribution in [0.15, 0.2) is 72.3 Å². The zero-order valence-electron chi connectivity index (χ0n) is 20.7. The number of rotatable bonds is 7. The van der Waals surface area contributed by atoms with Crippen molar-refractivity contribution in [1.82, 2.24) is 0 Å². The van der Waals surface area contributed by atoms with E-state index in [-0.39, 0.29) is 16.9 Å². The molecule has 9 heteroatoms. The van der Waals surface area contributed by atoms with Crippen LogP contribution in [0, 0.1) is 0 Å². The van der Waals surface area contributed by atoms with Gasteiger partial charge in [0.2, 0.25) is 0 Å². The van der Waals surface area contributed by atoms with Crippen molar-refractivity contribution in [2.45, 2.75) is 13.0 Å². The number of methoxy groups -OCH3 is 3. The molecule has 4 rings (SSSR count). The maximum absolute atomic E-state index is 13.3. The van der Waals surface area contributed by atoms with Gasteiger partial charge < -0.3 is 24.1 Å². The molecule has 0 bridgehead atoms. The number of benzene rings is 3. The molecule has 1 unspecified atom stereocenters. The first-order valence-electron chi connectivity index (χ1n) is 11.2. The number of amides is 1. The van der Waals surface area contributed by atoms with E-state index in [4.69, 9.17) is 18.9 Å². The Morgan fingerprint density at radius 1 is 0.811 bits per heavy atom. The number of aliphatic hydroxyl groups is 1. The summed E-state index contributed by atoms with van der Waals surface area (Å²) in [6.07, 6.45) is 0. The van der Waals surface area contributed by atoms with Crippen molar-refractivity contribution in [2.75, 3.05) is 26.2 Å². The number of anilines is 1. The Morgan fingerprint density at radius 2 is 1.43 bits per heavy atom. The Morgan fingerprint density at radius 3 is 2.00 bits per heavy atom. The highest BCUT2D eigenvalue weighted by atomic mass is 16.5. The van der Waals surface area contributed by atoms with Crippen molar-refractivity contribution in [3.63, 3.8) is 0 Å². The summed E-state index contributed by atoms with van der Waals surface area (Å²) in [6.45, 7) is 1.29. The number of Topliss-reactive ketones (excluding diaryl/α,β-unsaturated/α-hetero) is 1. The van der Waals surface area contributed by atoms with E-state index in [1.807, 2.05) is 0 Å². The summed E-state index contributed by atoms with van der Waals surface area (Å²) in [4.78, 5) is 39.3. The monoisotopic (exact) mass is 503 g/mol. The number of carbonyl (C=O) groups is 3. The summed E-state index contributed by atoms with van der Waals surface area (Å²) in [7, 11) is 4.46. The third-order valence-corrected chi connectivity index (χ3v) is 5.91. The Balaban J connectivity index is 1.89. The van der Waals surface area contributed by atoms with Crippen LogP contribution in [0.4, 0.5) is 5.69 Å². The summed E-state index contributed by atoms with van der Waals surface area (Å²) >= 11 is 0. The molecule has 37 heavy (non-hydrogen) atoms. The average Bonchev–Trinajstić information content (AvgIpc) is 3.18. The highest BCUT2D eigenvalue weighted by Gasteiger charge is 2.47. The molecule has 1 aliphatic rings. The molecule has 1 amide bonds. The number of hydrogen-bond acceptors (Lipinski definition) is 8. The fourth-order valence-corrected chi connectivity index (χ4v) is 4.18. The maximum Gasteiger partial charge on any atom is 0.308 e. The molecule has 0 radical (unpaired) electrons. The highest BCUT2D eigenvalue weighted by Crippen LogP contribution is 2.43. The number of carbonyl (C=O) groups excluding carboxylic acids is 3. The second-order valence-electron chi connectivity index (χ2n) is 8.10. The van der Waals surface area contributed by atoms with Crippen LogP contribution in [-0.2, 0) is 14.4 Å². The van der Waals surface area contributed by atoms with Crippen molar-refractivity contribution in [1.29, 1.82) is 0 Å². The lowest BCUT2D eigenvalue weighted by molar-refractivity contribution is -0.132. The number of ether oxygens (including phenoxy) is 4. The van der Waals surface area contributed by atoms with Crippen LogP contribution in [0.5, 0.6) is 23.0 Å². The van der Waals surface area contributed by atoms with E-state index in [1.165, 1.54) is 39.2 Å². The van der Waals surface area contributed by atoms with Crippen molar-refractivity contribution >= 4 is 29.1 Å². The zero-order chi connectivity index (χ0) is 26.7. The molecule has 1 saturated heterocycles. The Kier molecular flexibility index (Phi) is 7.15. The van der Waals surface area contributed by atoms with Gasteiger partial charge in [-0.15, -0.1) is 0 Å². The fraction of sp³-hybridized carbons (Fsp3) is 0.179. The lowest BCUT2D eigenvalue weighted by Crippen LogP contribution is -2.29. The fourth-order valence-electron chi connectivity index (χ4n) is 4.18. The first-order chi connectivity index (χ1) is 17.8. The van der Waals surface area contributed by atoms with Crippen molar-refractivity contribution in [2.24, 2.45) is 0 Å². The minimum Gasteiger partial charge on any atom is -0.507 e. The van der Waals surface area contributed by atoms with Gasteiger partial charge in [-0.2, -0.15) is 0 Å². The van der Waals surface area contributed by atoms with E-state index in [2.05, 4.69) is 0 Å². The van der Waals surface area contributed by atoms with Gasteiger partial charge in [0, 0.05) is 18.2 Å². The smallest absolute Gasteiger partial charge is 0.308 e. The maximum atomic E-state index is 13.3. The van der Waals surface area contributed by atoms with E-state index in [9.17, 15) is 19.5 Å². The van der Waals surface area contributed by atoms with E-state index in [0.717, 1.165) is 0 Å². The van der Waals surface area contributed by atoms with Gasteiger partial charge in [0.1, 0.15) is 17.3 Å². The van der Waals surface area contributed by atoms with Crippen LogP contribution < -0.4 is 23.8 Å². The summed E-state index contributed by atoms with van der Waals surface area (Å²) < 4.78 is 20.9. The van der Waals surface area contributed by atoms with Crippen molar-refractivity contribution in [3.8, 4) is 23.0 Å². The van der Waals surface area contributed by atoms with Gasteiger partial charge in [-0.1, -0.05) is 12.1 Å². The van der Waals surface area contributed by atoms with E-state index < -0.39 is 23.7 Å². The average molecular weight is 504 g/mol. The second-order valence-corrected chi connectivity index (χ2v) is 8.10. The molecular formula is C28H25NO8. The van der Waals surface area contributed by atoms with Gasteiger partial charge in [0.05, 0.1) is 32.9 Å². The highest BCUT2D eigenvalue weighted by molar-refractivity contribution is 6.51. The largest absolute Gasteiger partial charge is 0.507 e. The molecule has 1 heterocycles. The van der Waals surface area contributed by atoms with Crippen LogP contribution in [0.3, 0.4) is 0 Å². The van der Waals surface area contributed by atoms with Crippen molar-refractivity contribution in [3.05, 3.63) is 83.4 Å². The zero-order valence-corrected chi connectivity index (χ0v) is 20.7. The Bertz CT molecular complexity index is 1380. The topological polar surface area (TPSA) is 112 Å². The molecule has 3 aromatic rings. The van der Waals surface area contributed by atoms with E-state index in [1.54, 1.807) is 60.7 Å². The summed E-state index contributed by atoms with van der Waals surface area (Å²) in [5.74, 6) is -0.840. The Hall–Kier alpha value is -4.79.